The summed E-state index contributed by atoms with van der Waals surface area (Å²) in [6.45, 7) is 5.88. The summed E-state index contributed by atoms with van der Waals surface area (Å²) in [5.41, 5.74) is 2.27. The van der Waals surface area contributed by atoms with Crippen LogP contribution in [0.4, 0.5) is 0 Å². The Morgan fingerprint density at radius 2 is 2.15 bits per heavy atom. The van der Waals surface area contributed by atoms with Gasteiger partial charge in [-0.3, -0.25) is 4.79 Å². The van der Waals surface area contributed by atoms with Crippen molar-refractivity contribution >= 4 is 27.5 Å². The van der Waals surface area contributed by atoms with Crippen molar-refractivity contribution in [2.45, 2.75) is 45.2 Å². The lowest BCUT2D eigenvalue weighted by Crippen LogP contribution is -2.35. The average molecular weight is 385 g/mol. The van der Waals surface area contributed by atoms with Crippen molar-refractivity contribution in [1.29, 1.82) is 0 Å². The molecule has 142 valence electrons. The predicted molar refractivity (Wildman–Crippen MR) is 106 cm³/mol. The monoisotopic (exact) mass is 384 g/mol. The summed E-state index contributed by atoms with van der Waals surface area (Å²) in [6.07, 6.45) is 2.73. The third-order valence-electron chi connectivity index (χ3n) is 4.99. The minimum atomic E-state index is -0.165. The Kier molecular flexibility index (Phi) is 5.18. The molecule has 2 aromatic heterocycles. The zero-order chi connectivity index (χ0) is 18.8. The molecular formula is C19H24N6OS. The summed E-state index contributed by atoms with van der Waals surface area (Å²) in [5, 5.41) is 15.8. The molecule has 2 N–H and O–H groups in total. The molecular weight excluding hydrogens is 360 g/mol. The van der Waals surface area contributed by atoms with E-state index in [1.165, 1.54) is 4.70 Å². The number of hydrogen-bond donors (Lipinski definition) is 2. The minimum absolute atomic E-state index is 0.0264. The Bertz CT molecular complexity index is 910. The van der Waals surface area contributed by atoms with Gasteiger partial charge >= 0.3 is 0 Å². The summed E-state index contributed by atoms with van der Waals surface area (Å²) >= 11 is 1.67. The van der Waals surface area contributed by atoms with Gasteiger partial charge < -0.3 is 10.6 Å². The number of carbonyl (C=O) groups is 1. The van der Waals surface area contributed by atoms with Gasteiger partial charge in [-0.25, -0.2) is 9.67 Å². The van der Waals surface area contributed by atoms with Gasteiger partial charge in [-0.1, -0.05) is 17.3 Å². The zero-order valence-electron chi connectivity index (χ0n) is 15.6. The van der Waals surface area contributed by atoms with Crippen molar-refractivity contribution in [2.24, 2.45) is 0 Å². The van der Waals surface area contributed by atoms with Crippen LogP contribution in [-0.2, 0) is 6.42 Å². The SMILES string of the molecule is Cc1c(C(=O)NC(C)Cc2nc3ccccc3s2)nnn1C1CCNCC1. The number of nitrogens with zero attached hydrogens (tertiary/aromatic N) is 4. The van der Waals surface area contributed by atoms with Crippen LogP contribution in [0, 0.1) is 6.92 Å². The van der Waals surface area contributed by atoms with Crippen molar-refractivity contribution in [3.63, 3.8) is 0 Å². The van der Waals surface area contributed by atoms with Crippen LogP contribution in [0.3, 0.4) is 0 Å². The maximum Gasteiger partial charge on any atom is 0.273 e. The first-order valence-electron chi connectivity index (χ1n) is 9.39. The smallest absolute Gasteiger partial charge is 0.273 e. The normalized spacial score (nSPS) is 16.5. The van der Waals surface area contributed by atoms with Gasteiger partial charge in [0.05, 0.1) is 27.0 Å². The lowest BCUT2D eigenvalue weighted by molar-refractivity contribution is 0.0934. The van der Waals surface area contributed by atoms with E-state index in [0.29, 0.717) is 18.2 Å². The molecule has 4 rings (SSSR count). The van der Waals surface area contributed by atoms with E-state index in [1.54, 1.807) is 11.3 Å². The van der Waals surface area contributed by atoms with Gasteiger partial charge in [-0.05, 0) is 51.9 Å². The topological polar surface area (TPSA) is 84.7 Å². The fraction of sp³-hybridized carbons (Fsp3) is 0.474. The molecule has 0 bridgehead atoms. The third-order valence-corrected chi connectivity index (χ3v) is 6.05. The van der Waals surface area contributed by atoms with Crippen molar-refractivity contribution in [3.05, 3.63) is 40.7 Å². The molecule has 7 nitrogen and oxygen atoms in total. The van der Waals surface area contributed by atoms with Crippen molar-refractivity contribution in [2.75, 3.05) is 13.1 Å². The number of para-hydroxylation sites is 1. The first-order chi connectivity index (χ1) is 13.1. The van der Waals surface area contributed by atoms with Crippen LogP contribution >= 0.6 is 11.3 Å². The first-order valence-corrected chi connectivity index (χ1v) is 10.2. The maximum absolute atomic E-state index is 12.7. The van der Waals surface area contributed by atoms with Gasteiger partial charge in [0.1, 0.15) is 0 Å². The summed E-state index contributed by atoms with van der Waals surface area (Å²) in [6, 6.07) is 8.39. The van der Waals surface area contributed by atoms with Crippen molar-refractivity contribution < 1.29 is 4.79 Å². The van der Waals surface area contributed by atoms with Gasteiger partial charge in [0.15, 0.2) is 5.69 Å². The molecule has 1 fully saturated rings. The molecule has 3 heterocycles. The summed E-state index contributed by atoms with van der Waals surface area (Å²) in [4.78, 5) is 17.3. The molecule has 27 heavy (non-hydrogen) atoms. The van der Waals surface area contributed by atoms with E-state index >= 15 is 0 Å². The van der Waals surface area contributed by atoms with Gasteiger partial charge in [0.2, 0.25) is 0 Å². The predicted octanol–water partition coefficient (Wildman–Crippen LogP) is 2.48. The van der Waals surface area contributed by atoms with E-state index in [-0.39, 0.29) is 11.9 Å². The molecule has 1 atom stereocenters. The van der Waals surface area contributed by atoms with E-state index in [4.69, 9.17) is 0 Å². The van der Waals surface area contributed by atoms with Crippen molar-refractivity contribution in [1.82, 2.24) is 30.6 Å². The molecule has 8 heteroatoms. The Hall–Kier alpha value is -2.32. The Morgan fingerprint density at radius 3 is 2.93 bits per heavy atom. The lowest BCUT2D eigenvalue weighted by atomic mass is 10.1. The third kappa shape index (κ3) is 3.86. The van der Waals surface area contributed by atoms with Gasteiger partial charge in [0.25, 0.3) is 5.91 Å². The Labute approximate surface area is 162 Å². The van der Waals surface area contributed by atoms with Crippen LogP contribution in [-0.4, -0.2) is 45.0 Å². The van der Waals surface area contributed by atoms with E-state index < -0.39 is 0 Å². The average Bonchev–Trinajstić information content (AvgIpc) is 3.25. The molecule has 1 amide bonds. The lowest BCUT2D eigenvalue weighted by Gasteiger charge is -2.23. The second-order valence-electron chi connectivity index (χ2n) is 7.10. The first kappa shape index (κ1) is 18.1. The zero-order valence-corrected chi connectivity index (χ0v) is 16.4. The number of piperidine rings is 1. The van der Waals surface area contributed by atoms with Crippen LogP contribution in [0.5, 0.6) is 0 Å². The van der Waals surface area contributed by atoms with Gasteiger partial charge in [0, 0.05) is 12.5 Å². The molecule has 1 aliphatic heterocycles. The molecule has 0 saturated carbocycles. The quantitative estimate of drug-likeness (QED) is 0.706. The molecule has 0 spiro atoms. The van der Waals surface area contributed by atoms with Crippen LogP contribution in [0.25, 0.3) is 10.2 Å². The van der Waals surface area contributed by atoms with Gasteiger partial charge in [-0.2, -0.15) is 0 Å². The Morgan fingerprint density at radius 1 is 1.37 bits per heavy atom. The fourth-order valence-electron chi connectivity index (χ4n) is 3.56. The highest BCUT2D eigenvalue weighted by Gasteiger charge is 2.23. The number of nitrogens with one attached hydrogen (secondary N) is 2. The number of hydrogen-bond acceptors (Lipinski definition) is 6. The van der Waals surface area contributed by atoms with E-state index in [0.717, 1.165) is 42.1 Å². The van der Waals surface area contributed by atoms with Crippen LogP contribution in [0.2, 0.25) is 0 Å². The summed E-state index contributed by atoms with van der Waals surface area (Å²) in [5.74, 6) is -0.165. The van der Waals surface area contributed by atoms with E-state index in [2.05, 4.69) is 32.0 Å². The van der Waals surface area contributed by atoms with Gasteiger partial charge in [-0.15, -0.1) is 16.4 Å². The highest BCUT2D eigenvalue weighted by atomic mass is 32.1. The number of carbonyl (C=O) groups excluding carboxylic acids is 1. The molecule has 0 radical (unpaired) electrons. The number of thiazole rings is 1. The van der Waals surface area contributed by atoms with Crippen LogP contribution < -0.4 is 10.6 Å². The minimum Gasteiger partial charge on any atom is -0.348 e. The number of amides is 1. The molecule has 1 aromatic carbocycles. The molecule has 1 saturated heterocycles. The largest absolute Gasteiger partial charge is 0.348 e. The van der Waals surface area contributed by atoms with Crippen molar-refractivity contribution in [3.8, 4) is 0 Å². The molecule has 1 unspecified atom stereocenters. The number of aromatic nitrogens is 4. The number of rotatable bonds is 5. The molecule has 0 aliphatic carbocycles. The second kappa shape index (κ2) is 7.74. The number of benzene rings is 1. The van der Waals surface area contributed by atoms with Crippen LogP contribution in [0.15, 0.2) is 24.3 Å². The highest BCUT2D eigenvalue weighted by Crippen LogP contribution is 2.23. The second-order valence-corrected chi connectivity index (χ2v) is 8.22. The van der Waals surface area contributed by atoms with E-state index in [9.17, 15) is 4.79 Å². The standard InChI is InChI=1S/C19H24N6OS/c1-12(11-17-22-15-5-3-4-6-16(15)27-17)21-19(26)18-13(2)25(24-23-18)14-7-9-20-10-8-14/h3-6,12,14,20H,7-11H2,1-2H3,(H,21,26). The highest BCUT2D eigenvalue weighted by molar-refractivity contribution is 7.18. The summed E-state index contributed by atoms with van der Waals surface area (Å²) in [7, 11) is 0. The van der Waals surface area contributed by atoms with Crippen LogP contribution in [0.1, 0.15) is 47.0 Å². The number of fused-ring (bicyclic) bond motifs is 1. The molecule has 1 aliphatic rings. The van der Waals surface area contributed by atoms with E-state index in [1.807, 2.05) is 36.7 Å². The maximum atomic E-state index is 12.7. The summed E-state index contributed by atoms with van der Waals surface area (Å²) < 4.78 is 3.08. The molecule has 3 aromatic rings. The fourth-order valence-corrected chi connectivity index (χ4v) is 4.66. The Balaban J connectivity index is 1.41.